The summed E-state index contributed by atoms with van der Waals surface area (Å²) in [6.07, 6.45) is -5.12. The Hall–Kier alpha value is -3.56. The van der Waals surface area contributed by atoms with Gasteiger partial charge in [-0.25, -0.2) is 9.59 Å². The van der Waals surface area contributed by atoms with Crippen LogP contribution >= 0.6 is 0 Å². The SMILES string of the molecule is COC(=O)[C@H](Cc1ccc(C(F)(F)F)cc1)NC(=O)[C@H](CC(C)C)NC(=O)OCc1ccccc1. The molecule has 2 aromatic carbocycles. The number of hydrogen-bond donors (Lipinski definition) is 2. The van der Waals surface area contributed by atoms with Gasteiger partial charge in [-0.15, -0.1) is 0 Å². The molecule has 7 nitrogen and oxygen atoms in total. The Balaban J connectivity index is 2.06. The summed E-state index contributed by atoms with van der Waals surface area (Å²) in [5, 5.41) is 5.06. The van der Waals surface area contributed by atoms with Crippen molar-refractivity contribution < 1.29 is 37.0 Å². The second kappa shape index (κ2) is 12.8. The standard InChI is InChI=1S/C25H29F3N2O5/c1-16(2)13-20(30-24(33)35-15-18-7-5-4-6-8-18)22(31)29-21(23(32)34-3)14-17-9-11-19(12-10-17)25(26,27)28/h4-12,16,20-21H,13-15H2,1-3H3,(H,29,31)(H,30,33)/t20-,21-/m0/s1. The van der Waals surface area contributed by atoms with Gasteiger partial charge in [0.25, 0.3) is 0 Å². The third-order valence-electron chi connectivity index (χ3n) is 5.05. The second-order valence-corrected chi connectivity index (χ2v) is 8.37. The highest BCUT2D eigenvalue weighted by atomic mass is 19.4. The van der Waals surface area contributed by atoms with Crippen molar-refractivity contribution in [3.8, 4) is 0 Å². The van der Waals surface area contributed by atoms with Gasteiger partial charge < -0.3 is 20.1 Å². The number of alkyl halides is 3. The van der Waals surface area contributed by atoms with Gasteiger partial charge in [0.15, 0.2) is 0 Å². The van der Waals surface area contributed by atoms with Crippen molar-refractivity contribution in [1.82, 2.24) is 10.6 Å². The number of benzene rings is 2. The summed E-state index contributed by atoms with van der Waals surface area (Å²) in [5.74, 6) is -1.39. The Labute approximate surface area is 202 Å². The highest BCUT2D eigenvalue weighted by molar-refractivity contribution is 5.89. The minimum absolute atomic E-state index is 0.0153. The topological polar surface area (TPSA) is 93.7 Å². The van der Waals surface area contributed by atoms with Crippen molar-refractivity contribution in [3.05, 3.63) is 71.3 Å². The van der Waals surface area contributed by atoms with Crippen LogP contribution in [0.5, 0.6) is 0 Å². The fraction of sp³-hybridized carbons (Fsp3) is 0.400. The van der Waals surface area contributed by atoms with Gasteiger partial charge in [-0.1, -0.05) is 56.3 Å². The largest absolute Gasteiger partial charge is 0.467 e. The van der Waals surface area contributed by atoms with E-state index in [9.17, 15) is 27.6 Å². The molecule has 0 aliphatic carbocycles. The second-order valence-electron chi connectivity index (χ2n) is 8.37. The van der Waals surface area contributed by atoms with Crippen molar-refractivity contribution in [3.63, 3.8) is 0 Å². The van der Waals surface area contributed by atoms with Crippen LogP contribution in [0.2, 0.25) is 0 Å². The lowest BCUT2D eigenvalue weighted by Gasteiger charge is -2.23. The average molecular weight is 495 g/mol. The number of carbonyl (C=O) groups excluding carboxylic acids is 3. The van der Waals surface area contributed by atoms with Gasteiger partial charge >= 0.3 is 18.2 Å². The highest BCUT2D eigenvalue weighted by Crippen LogP contribution is 2.29. The lowest BCUT2D eigenvalue weighted by molar-refractivity contribution is -0.145. The number of rotatable bonds is 10. The van der Waals surface area contributed by atoms with Crippen LogP contribution in [0.1, 0.15) is 37.0 Å². The van der Waals surface area contributed by atoms with E-state index in [0.717, 1.165) is 24.8 Å². The van der Waals surface area contributed by atoms with Crippen LogP contribution in [-0.4, -0.2) is 37.2 Å². The molecule has 2 amide bonds. The van der Waals surface area contributed by atoms with Gasteiger partial charge in [-0.3, -0.25) is 4.79 Å². The van der Waals surface area contributed by atoms with E-state index in [1.165, 1.54) is 12.1 Å². The highest BCUT2D eigenvalue weighted by Gasteiger charge is 2.31. The van der Waals surface area contributed by atoms with Crippen molar-refractivity contribution in [2.24, 2.45) is 5.92 Å². The molecule has 0 saturated heterocycles. The van der Waals surface area contributed by atoms with Gasteiger partial charge in [0.1, 0.15) is 18.7 Å². The minimum atomic E-state index is -4.49. The Morgan fingerprint density at radius 2 is 1.51 bits per heavy atom. The van der Waals surface area contributed by atoms with E-state index in [2.05, 4.69) is 10.6 Å². The van der Waals surface area contributed by atoms with Crippen LogP contribution in [0.4, 0.5) is 18.0 Å². The molecule has 0 unspecified atom stereocenters. The van der Waals surface area contributed by atoms with E-state index in [1.807, 2.05) is 19.9 Å². The first kappa shape index (κ1) is 27.7. The predicted molar refractivity (Wildman–Crippen MR) is 122 cm³/mol. The average Bonchev–Trinajstić information content (AvgIpc) is 2.81. The van der Waals surface area contributed by atoms with E-state index >= 15 is 0 Å². The lowest BCUT2D eigenvalue weighted by atomic mass is 10.0. The van der Waals surface area contributed by atoms with Crippen molar-refractivity contribution in [2.75, 3.05) is 7.11 Å². The molecule has 0 bridgehead atoms. The van der Waals surface area contributed by atoms with Gasteiger partial charge in [0, 0.05) is 6.42 Å². The molecular weight excluding hydrogens is 465 g/mol. The van der Waals surface area contributed by atoms with Crippen LogP contribution < -0.4 is 10.6 Å². The molecular formula is C25H29F3N2O5. The molecule has 0 saturated carbocycles. The molecule has 2 rings (SSSR count). The summed E-state index contributed by atoms with van der Waals surface area (Å²) < 4.78 is 48.4. The number of amides is 2. The van der Waals surface area contributed by atoms with Crippen LogP contribution in [0.25, 0.3) is 0 Å². The zero-order valence-electron chi connectivity index (χ0n) is 19.7. The molecule has 0 aliphatic heterocycles. The number of hydrogen-bond acceptors (Lipinski definition) is 5. The number of halogens is 3. The summed E-state index contributed by atoms with van der Waals surface area (Å²) >= 11 is 0. The maximum Gasteiger partial charge on any atom is 0.416 e. The normalized spacial score (nSPS) is 13.0. The van der Waals surface area contributed by atoms with Crippen LogP contribution in [0.15, 0.2) is 54.6 Å². The molecule has 0 aliphatic rings. The van der Waals surface area contributed by atoms with E-state index < -0.39 is 41.8 Å². The molecule has 0 heterocycles. The van der Waals surface area contributed by atoms with E-state index in [4.69, 9.17) is 9.47 Å². The van der Waals surface area contributed by atoms with Crippen LogP contribution in [0.3, 0.4) is 0 Å². The fourth-order valence-electron chi connectivity index (χ4n) is 3.28. The Bertz CT molecular complexity index is 979. The van der Waals surface area contributed by atoms with E-state index in [0.29, 0.717) is 5.56 Å². The third kappa shape index (κ3) is 9.30. The Morgan fingerprint density at radius 3 is 2.06 bits per heavy atom. The number of esters is 1. The first-order valence-corrected chi connectivity index (χ1v) is 11.0. The minimum Gasteiger partial charge on any atom is -0.467 e. The molecule has 2 aromatic rings. The summed E-state index contributed by atoms with van der Waals surface area (Å²) in [6, 6.07) is 11.1. The summed E-state index contributed by atoms with van der Waals surface area (Å²) in [4.78, 5) is 37.5. The molecule has 0 spiro atoms. The third-order valence-corrected chi connectivity index (χ3v) is 5.05. The van der Waals surface area contributed by atoms with Crippen molar-refractivity contribution in [2.45, 2.75) is 51.6 Å². The zero-order chi connectivity index (χ0) is 26.0. The first-order valence-electron chi connectivity index (χ1n) is 11.0. The molecule has 0 fully saturated rings. The summed E-state index contributed by atoms with van der Waals surface area (Å²) in [7, 11) is 1.14. The molecule has 2 atom stereocenters. The monoisotopic (exact) mass is 494 g/mol. The van der Waals surface area contributed by atoms with Crippen LogP contribution in [0, 0.1) is 5.92 Å². The molecule has 0 aromatic heterocycles. The van der Waals surface area contributed by atoms with Gasteiger partial charge in [-0.2, -0.15) is 13.2 Å². The van der Waals surface area contributed by atoms with Crippen LogP contribution in [-0.2, 0) is 38.3 Å². The van der Waals surface area contributed by atoms with Gasteiger partial charge in [0.2, 0.25) is 5.91 Å². The Kier molecular flexibility index (Phi) is 10.1. The molecule has 190 valence electrons. The molecule has 35 heavy (non-hydrogen) atoms. The first-order chi connectivity index (χ1) is 16.5. The lowest BCUT2D eigenvalue weighted by Crippen LogP contribution is -2.53. The number of carbonyl (C=O) groups is 3. The molecule has 10 heteroatoms. The summed E-state index contributed by atoms with van der Waals surface area (Å²) in [5.41, 5.74) is 0.342. The van der Waals surface area contributed by atoms with E-state index in [-0.39, 0.29) is 25.4 Å². The zero-order valence-corrected chi connectivity index (χ0v) is 19.7. The maximum absolute atomic E-state index is 13.0. The smallest absolute Gasteiger partial charge is 0.416 e. The van der Waals surface area contributed by atoms with Crippen molar-refractivity contribution >= 4 is 18.0 Å². The van der Waals surface area contributed by atoms with Gasteiger partial charge in [-0.05, 0) is 35.6 Å². The fourth-order valence-corrected chi connectivity index (χ4v) is 3.28. The predicted octanol–water partition coefficient (Wildman–Crippen LogP) is 4.25. The summed E-state index contributed by atoms with van der Waals surface area (Å²) in [6.45, 7) is 3.73. The van der Waals surface area contributed by atoms with Crippen molar-refractivity contribution in [1.29, 1.82) is 0 Å². The van der Waals surface area contributed by atoms with E-state index in [1.54, 1.807) is 24.3 Å². The molecule has 0 radical (unpaired) electrons. The number of nitrogens with one attached hydrogen (secondary N) is 2. The number of alkyl carbamates (subject to hydrolysis) is 1. The maximum atomic E-state index is 13.0. The molecule has 2 N–H and O–H groups in total. The number of ether oxygens (including phenoxy) is 2. The van der Waals surface area contributed by atoms with Gasteiger partial charge in [0.05, 0.1) is 12.7 Å². The Morgan fingerprint density at radius 1 is 0.886 bits per heavy atom. The quantitative estimate of drug-likeness (QED) is 0.482. The number of methoxy groups -OCH3 is 1.